The van der Waals surface area contributed by atoms with Crippen LogP contribution in [0.2, 0.25) is 0 Å². The summed E-state index contributed by atoms with van der Waals surface area (Å²) in [4.78, 5) is 29.0. The van der Waals surface area contributed by atoms with E-state index in [1.165, 1.54) is 21.6 Å². The van der Waals surface area contributed by atoms with Crippen LogP contribution in [0.5, 0.6) is 0 Å². The number of carboxylic acids is 2. The summed E-state index contributed by atoms with van der Waals surface area (Å²) in [5, 5.41) is 32.1. The molecule has 0 saturated heterocycles. The maximum atomic E-state index is 10.3. The number of rotatable bonds is 7. The predicted octanol–water partition coefficient (Wildman–Crippen LogP) is -4.92. The Kier molecular flexibility index (Phi) is 17.9. The fourth-order valence-electron chi connectivity index (χ4n) is 0.385. The molecule has 19 heavy (non-hydrogen) atoms. The van der Waals surface area contributed by atoms with E-state index in [1.54, 1.807) is 0 Å². The van der Waals surface area contributed by atoms with E-state index in [-0.39, 0.29) is 41.1 Å². The topological polar surface area (TPSA) is 187 Å². The van der Waals surface area contributed by atoms with Crippen molar-refractivity contribution in [3.63, 3.8) is 0 Å². The SMILES string of the molecule is NC(CSSC[C@H](N)C(=O)O)C(=O)O.O=C([O-])O.[Na+]. The first-order valence-electron chi connectivity index (χ1n) is 4.29. The van der Waals surface area contributed by atoms with Crippen LogP contribution in [0, 0.1) is 0 Å². The molecule has 0 aliphatic rings. The van der Waals surface area contributed by atoms with Crippen molar-refractivity contribution in [2.45, 2.75) is 12.1 Å². The first-order valence-corrected chi connectivity index (χ1v) is 6.78. The summed E-state index contributed by atoms with van der Waals surface area (Å²) < 4.78 is 0. The Hall–Kier alpha value is -0.170. The minimum atomic E-state index is -2.08. The van der Waals surface area contributed by atoms with Crippen molar-refractivity contribution in [3.05, 3.63) is 0 Å². The number of carbonyl (C=O) groups is 3. The summed E-state index contributed by atoms with van der Waals surface area (Å²) in [6, 6.07) is -1.85. The third-order valence-electron chi connectivity index (χ3n) is 1.21. The average molecular weight is 324 g/mol. The van der Waals surface area contributed by atoms with E-state index in [0.29, 0.717) is 0 Å². The van der Waals surface area contributed by atoms with Crippen LogP contribution in [0.25, 0.3) is 0 Å². The average Bonchev–Trinajstić information content (AvgIpc) is 2.22. The van der Waals surface area contributed by atoms with Crippen LogP contribution in [-0.2, 0) is 9.59 Å². The van der Waals surface area contributed by atoms with E-state index < -0.39 is 30.2 Å². The maximum absolute atomic E-state index is 10.3. The zero-order valence-corrected chi connectivity index (χ0v) is 13.6. The van der Waals surface area contributed by atoms with Gasteiger partial charge in [0.15, 0.2) is 0 Å². The second kappa shape index (κ2) is 14.2. The molecule has 0 radical (unpaired) electrons. The molecular formula is C7H13N2NaO7S2. The van der Waals surface area contributed by atoms with Crippen LogP contribution >= 0.6 is 21.6 Å². The molecule has 106 valence electrons. The minimum Gasteiger partial charge on any atom is -0.565 e. The number of carboxylic acid groups (broad SMARTS) is 4. The molecule has 0 aromatic heterocycles. The number of nitrogens with two attached hydrogens (primary N) is 2. The molecule has 7 N–H and O–H groups in total. The smallest absolute Gasteiger partial charge is 0.565 e. The van der Waals surface area contributed by atoms with Crippen LogP contribution in [-0.4, -0.2) is 57.0 Å². The summed E-state index contributed by atoms with van der Waals surface area (Å²) in [6.45, 7) is 0. The first-order chi connectivity index (χ1) is 8.18. The van der Waals surface area contributed by atoms with Gasteiger partial charge >= 0.3 is 41.5 Å². The predicted molar refractivity (Wildman–Crippen MR) is 64.2 cm³/mol. The van der Waals surface area contributed by atoms with Gasteiger partial charge in [-0.3, -0.25) is 9.59 Å². The standard InChI is InChI=1S/C6H12N2O4S2.CH2O3.Na/c7-3(5(9)10)1-13-14-2-4(8)6(11)12;2-1(3)4;/h3-4H,1-2,7-8H2,(H,9,10)(H,11,12);(H2,2,3,4);/q;;+1/p-1/t3-,4?;;/m0../s1. The Morgan fingerprint density at radius 1 is 0.947 bits per heavy atom. The van der Waals surface area contributed by atoms with Crippen molar-refractivity contribution in [2.24, 2.45) is 11.5 Å². The van der Waals surface area contributed by atoms with Crippen LogP contribution in [0.1, 0.15) is 0 Å². The van der Waals surface area contributed by atoms with Crippen molar-refractivity contribution >= 4 is 39.7 Å². The van der Waals surface area contributed by atoms with Crippen molar-refractivity contribution in [2.75, 3.05) is 11.5 Å². The fourth-order valence-corrected chi connectivity index (χ4v) is 2.61. The molecule has 0 aromatic rings. The second-order valence-electron chi connectivity index (χ2n) is 2.72. The van der Waals surface area contributed by atoms with Crippen molar-refractivity contribution < 1.29 is 64.4 Å². The largest absolute Gasteiger partial charge is 1.00 e. The van der Waals surface area contributed by atoms with E-state index in [2.05, 4.69) is 0 Å². The molecule has 9 nitrogen and oxygen atoms in total. The normalized spacial score (nSPS) is 12.1. The summed E-state index contributed by atoms with van der Waals surface area (Å²) in [5.41, 5.74) is 10.4. The molecule has 0 aliphatic heterocycles. The zero-order chi connectivity index (χ0) is 14.7. The van der Waals surface area contributed by atoms with Gasteiger partial charge < -0.3 is 36.7 Å². The molecule has 12 heteroatoms. The molecule has 0 amide bonds. The second-order valence-corrected chi connectivity index (χ2v) is 5.28. The van der Waals surface area contributed by atoms with Crippen molar-refractivity contribution in [1.29, 1.82) is 0 Å². The molecular weight excluding hydrogens is 311 g/mol. The van der Waals surface area contributed by atoms with Crippen molar-refractivity contribution in [1.82, 2.24) is 0 Å². The Morgan fingerprint density at radius 3 is 1.32 bits per heavy atom. The molecule has 0 saturated carbocycles. The van der Waals surface area contributed by atoms with E-state index in [9.17, 15) is 9.59 Å². The Labute approximate surface area is 138 Å². The molecule has 0 heterocycles. The van der Waals surface area contributed by atoms with Crippen LogP contribution < -0.4 is 46.1 Å². The first kappa shape index (κ1) is 23.9. The van der Waals surface area contributed by atoms with Gasteiger partial charge in [-0.25, -0.2) is 0 Å². The van der Waals surface area contributed by atoms with Gasteiger partial charge in [0.05, 0.1) is 0 Å². The summed E-state index contributed by atoms with van der Waals surface area (Å²) >= 11 is 0. The monoisotopic (exact) mass is 324 g/mol. The van der Waals surface area contributed by atoms with Gasteiger partial charge in [-0.1, -0.05) is 21.6 Å². The molecule has 0 spiro atoms. The van der Waals surface area contributed by atoms with E-state index in [0.717, 1.165) is 0 Å². The Bertz CT molecular complexity index is 269. The van der Waals surface area contributed by atoms with Gasteiger partial charge in [-0.15, -0.1) is 0 Å². The Morgan fingerprint density at radius 2 is 1.16 bits per heavy atom. The van der Waals surface area contributed by atoms with Gasteiger partial charge in [0.2, 0.25) is 6.16 Å². The van der Waals surface area contributed by atoms with Crippen LogP contribution in [0.4, 0.5) is 4.79 Å². The quantitative estimate of drug-likeness (QED) is 0.171. The molecule has 2 atom stereocenters. The summed E-state index contributed by atoms with van der Waals surface area (Å²) in [5.74, 6) is -1.68. The number of hydrogen-bond acceptors (Lipinski definition) is 8. The van der Waals surface area contributed by atoms with Crippen molar-refractivity contribution in [3.8, 4) is 0 Å². The summed E-state index contributed by atoms with van der Waals surface area (Å²) in [6.07, 6.45) is -2.08. The van der Waals surface area contributed by atoms with Gasteiger partial charge in [0.25, 0.3) is 0 Å². The molecule has 0 rings (SSSR count). The molecule has 0 fully saturated rings. The minimum absolute atomic E-state index is 0. The molecule has 0 aromatic carbocycles. The van der Waals surface area contributed by atoms with E-state index in [4.69, 9.17) is 36.7 Å². The van der Waals surface area contributed by atoms with E-state index in [1.807, 2.05) is 0 Å². The third-order valence-corrected chi connectivity index (χ3v) is 3.69. The fraction of sp³-hybridized carbons (Fsp3) is 0.571. The number of aliphatic carboxylic acids is 2. The van der Waals surface area contributed by atoms with Crippen LogP contribution in [0.15, 0.2) is 0 Å². The zero-order valence-electron chi connectivity index (χ0n) is 10.0. The van der Waals surface area contributed by atoms with Gasteiger partial charge in [-0.05, 0) is 0 Å². The third kappa shape index (κ3) is 20.3. The van der Waals surface area contributed by atoms with Crippen LogP contribution in [0.3, 0.4) is 0 Å². The molecule has 0 aliphatic carbocycles. The Balaban J connectivity index is -0.000000448. The summed E-state index contributed by atoms with van der Waals surface area (Å²) in [7, 11) is 2.41. The van der Waals surface area contributed by atoms with Gasteiger partial charge in [0, 0.05) is 11.5 Å². The van der Waals surface area contributed by atoms with Gasteiger partial charge in [0.1, 0.15) is 12.1 Å². The maximum Gasteiger partial charge on any atom is 1.00 e. The molecule has 0 bridgehead atoms. The van der Waals surface area contributed by atoms with Gasteiger partial charge in [-0.2, -0.15) is 0 Å². The molecule has 1 unspecified atom stereocenters. The number of hydrogen-bond donors (Lipinski definition) is 5. The van der Waals surface area contributed by atoms with E-state index >= 15 is 0 Å².